The third kappa shape index (κ3) is 6.44. The molecule has 0 saturated heterocycles. The van der Waals surface area contributed by atoms with E-state index < -0.39 is 0 Å². The van der Waals surface area contributed by atoms with Crippen LogP contribution in [0.2, 0.25) is 0 Å². The van der Waals surface area contributed by atoms with Gasteiger partial charge in [-0.3, -0.25) is 0 Å². The molecule has 0 N–H and O–H groups in total. The molecule has 54 heavy (non-hydrogen) atoms. The lowest BCUT2D eigenvalue weighted by molar-refractivity contribution is 0.398. The first-order valence-electron chi connectivity index (χ1n) is 19.9. The van der Waals surface area contributed by atoms with Crippen molar-refractivity contribution >= 4 is 33.3 Å². The molecule has 0 radical (unpaired) electrons. The van der Waals surface area contributed by atoms with E-state index in [1.165, 1.54) is 16.8 Å². The van der Waals surface area contributed by atoms with Gasteiger partial charge in [0.25, 0.3) is 0 Å². The van der Waals surface area contributed by atoms with Crippen LogP contribution in [-0.4, -0.2) is 26.2 Å². The first-order chi connectivity index (χ1) is 26.0. The van der Waals surface area contributed by atoms with E-state index in [4.69, 9.17) is 8.83 Å². The number of unbranched alkanes of at least 4 members (excludes halogenated alkanes) is 2. The van der Waals surface area contributed by atoms with Gasteiger partial charge < -0.3 is 18.6 Å². The van der Waals surface area contributed by atoms with E-state index in [2.05, 4.69) is 69.5 Å². The number of benzene rings is 4. The largest absolute Gasteiger partial charge is 0.422 e. The Morgan fingerprint density at radius 1 is 0.648 bits per heavy atom. The van der Waals surface area contributed by atoms with E-state index >= 15 is 0 Å². The lowest BCUT2D eigenvalue weighted by Crippen LogP contribution is -2.44. The third-order valence-corrected chi connectivity index (χ3v) is 12.1. The summed E-state index contributed by atoms with van der Waals surface area (Å²) in [6, 6.07) is 28.5. The molecule has 6 heteroatoms. The van der Waals surface area contributed by atoms with Crippen LogP contribution in [0.15, 0.2) is 103 Å². The van der Waals surface area contributed by atoms with Crippen molar-refractivity contribution in [3.8, 4) is 33.4 Å². The minimum absolute atomic E-state index is 0.0261. The van der Waals surface area contributed by atoms with E-state index in [0.29, 0.717) is 16.7 Å². The van der Waals surface area contributed by atoms with Gasteiger partial charge in [-0.2, -0.15) is 0 Å². The molecule has 4 heterocycles. The molecule has 4 aromatic carbocycles. The zero-order valence-electron chi connectivity index (χ0n) is 32.7. The fraction of sp³-hybridized carbons (Fsp3) is 0.375. The Balaban J connectivity index is 1.15. The summed E-state index contributed by atoms with van der Waals surface area (Å²) in [7, 11) is 0. The van der Waals surface area contributed by atoms with Crippen molar-refractivity contribution in [1.82, 2.24) is 0 Å². The summed E-state index contributed by atoms with van der Waals surface area (Å²) in [5, 5.41) is 1.87. The Bertz CT molecular complexity index is 2490. The number of rotatable bonds is 10. The average Bonchev–Trinajstić information content (AvgIpc) is 3.16. The summed E-state index contributed by atoms with van der Waals surface area (Å²) in [6.07, 6.45) is 6.63. The van der Waals surface area contributed by atoms with Crippen LogP contribution in [0.3, 0.4) is 0 Å². The summed E-state index contributed by atoms with van der Waals surface area (Å²) in [6.45, 7) is 17.7. The Kier molecular flexibility index (Phi) is 9.28. The summed E-state index contributed by atoms with van der Waals surface area (Å²) in [5.74, 6) is 0. The molecular weight excluding hydrogens is 669 g/mol. The number of hydrogen-bond donors (Lipinski definition) is 0. The van der Waals surface area contributed by atoms with Crippen molar-refractivity contribution in [2.24, 2.45) is 0 Å². The van der Waals surface area contributed by atoms with Gasteiger partial charge in [0, 0.05) is 60.0 Å². The molecule has 2 aliphatic rings. The maximum Gasteiger partial charge on any atom is 0.344 e. The molecule has 2 aliphatic heterocycles. The molecule has 0 fully saturated rings. The Morgan fingerprint density at radius 2 is 1.22 bits per heavy atom. The van der Waals surface area contributed by atoms with Gasteiger partial charge >= 0.3 is 11.3 Å². The number of nitrogens with zero attached hydrogens (tertiary/aromatic N) is 2. The van der Waals surface area contributed by atoms with E-state index in [9.17, 15) is 9.59 Å². The third-order valence-electron chi connectivity index (χ3n) is 12.1. The molecule has 0 spiro atoms. The molecule has 0 bridgehead atoms. The SMILES string of the molecule is CCCCN(CCCC)c1ccc2cc(-c3cccc(-c4cccc(-c5cc6cc7c8c(c6oc5=O)C(C)(C)CCN8CCC7(C)C)c4)c3)c(=O)oc2c1. The van der Waals surface area contributed by atoms with Crippen LogP contribution in [0, 0.1) is 0 Å². The first kappa shape index (κ1) is 35.9. The first-order valence-corrected chi connectivity index (χ1v) is 19.9. The van der Waals surface area contributed by atoms with Gasteiger partial charge in [0.2, 0.25) is 0 Å². The van der Waals surface area contributed by atoms with Crippen LogP contribution in [0.1, 0.15) is 91.2 Å². The molecule has 0 atom stereocenters. The smallest absolute Gasteiger partial charge is 0.344 e. The molecule has 278 valence electrons. The maximum atomic E-state index is 13.9. The second kappa shape index (κ2) is 14.0. The van der Waals surface area contributed by atoms with Crippen molar-refractivity contribution in [2.75, 3.05) is 36.0 Å². The van der Waals surface area contributed by atoms with Crippen molar-refractivity contribution < 1.29 is 8.83 Å². The lowest BCUT2D eigenvalue weighted by atomic mass is 9.69. The molecule has 8 rings (SSSR count). The molecule has 0 unspecified atom stereocenters. The van der Waals surface area contributed by atoms with Crippen LogP contribution in [0.25, 0.3) is 55.3 Å². The van der Waals surface area contributed by atoms with Crippen LogP contribution in [0.4, 0.5) is 11.4 Å². The fourth-order valence-corrected chi connectivity index (χ4v) is 8.65. The van der Waals surface area contributed by atoms with Crippen LogP contribution < -0.4 is 21.1 Å². The fourth-order valence-electron chi connectivity index (χ4n) is 8.65. The molecular formula is C48H52N2O4. The van der Waals surface area contributed by atoms with Gasteiger partial charge in [-0.1, -0.05) is 90.8 Å². The van der Waals surface area contributed by atoms with Gasteiger partial charge in [-0.15, -0.1) is 0 Å². The highest BCUT2D eigenvalue weighted by Gasteiger charge is 2.42. The lowest BCUT2D eigenvalue weighted by Gasteiger charge is -2.48. The van der Waals surface area contributed by atoms with Gasteiger partial charge in [0.15, 0.2) is 0 Å². The molecule has 0 amide bonds. The minimum atomic E-state index is -0.358. The minimum Gasteiger partial charge on any atom is -0.422 e. The normalized spacial score (nSPS) is 15.8. The van der Waals surface area contributed by atoms with Crippen LogP contribution >= 0.6 is 0 Å². The Labute approximate surface area is 318 Å². The van der Waals surface area contributed by atoms with Crippen molar-refractivity contribution in [3.63, 3.8) is 0 Å². The number of anilines is 2. The zero-order valence-corrected chi connectivity index (χ0v) is 32.7. The topological polar surface area (TPSA) is 66.9 Å². The van der Waals surface area contributed by atoms with Gasteiger partial charge in [0.05, 0.1) is 11.1 Å². The average molecular weight is 721 g/mol. The monoisotopic (exact) mass is 720 g/mol. The molecule has 2 aromatic heterocycles. The van der Waals surface area contributed by atoms with E-state index in [-0.39, 0.29) is 22.1 Å². The highest BCUT2D eigenvalue weighted by molar-refractivity contribution is 5.93. The Hall–Kier alpha value is -5.10. The molecule has 0 saturated carbocycles. The summed E-state index contributed by atoms with van der Waals surface area (Å²) in [4.78, 5) is 32.3. The second-order valence-electron chi connectivity index (χ2n) is 16.8. The predicted molar refractivity (Wildman–Crippen MR) is 224 cm³/mol. The highest BCUT2D eigenvalue weighted by atomic mass is 16.4. The summed E-state index contributed by atoms with van der Waals surface area (Å²) in [5.41, 5.74) is 9.97. The highest BCUT2D eigenvalue weighted by Crippen LogP contribution is 2.52. The number of fused-ring (bicyclic) bond motifs is 3. The molecule has 6 nitrogen and oxygen atoms in total. The van der Waals surface area contributed by atoms with E-state index in [1.807, 2.05) is 66.7 Å². The summed E-state index contributed by atoms with van der Waals surface area (Å²) >= 11 is 0. The standard InChI is InChI=1S/C48H52N2O4/c1-7-9-21-49(22-10-8-2)37-18-17-35-27-38(45(51)53-41(35)30-37)33-15-11-13-31(25-33)32-14-12-16-34(26-32)39-28-36-29-40-43-42(44(36)54-46(39)52)48(5,6)20-24-50(43)23-19-47(40,3)4/h11-18,25-30H,7-10,19-24H2,1-6H3. The Morgan fingerprint density at radius 3 is 1.85 bits per heavy atom. The van der Waals surface area contributed by atoms with Crippen molar-refractivity contribution in [1.29, 1.82) is 0 Å². The maximum absolute atomic E-state index is 13.9. The van der Waals surface area contributed by atoms with Crippen LogP contribution in [0.5, 0.6) is 0 Å². The zero-order chi connectivity index (χ0) is 37.8. The number of hydrogen-bond acceptors (Lipinski definition) is 6. The van der Waals surface area contributed by atoms with Crippen LogP contribution in [-0.2, 0) is 10.8 Å². The van der Waals surface area contributed by atoms with Crippen molar-refractivity contribution in [2.45, 2.75) is 90.9 Å². The van der Waals surface area contributed by atoms with Gasteiger partial charge in [-0.25, -0.2) is 9.59 Å². The summed E-state index contributed by atoms with van der Waals surface area (Å²) < 4.78 is 12.3. The van der Waals surface area contributed by atoms with E-state index in [1.54, 1.807) is 0 Å². The molecule has 0 aliphatic carbocycles. The second-order valence-corrected chi connectivity index (χ2v) is 16.8. The van der Waals surface area contributed by atoms with E-state index in [0.717, 1.165) is 109 Å². The van der Waals surface area contributed by atoms with Crippen molar-refractivity contribution in [3.05, 3.63) is 117 Å². The van der Waals surface area contributed by atoms with Gasteiger partial charge in [-0.05, 0) is 107 Å². The predicted octanol–water partition coefficient (Wildman–Crippen LogP) is 11.5. The molecule has 6 aromatic rings. The quantitative estimate of drug-likeness (QED) is 0.131. The van der Waals surface area contributed by atoms with Gasteiger partial charge in [0.1, 0.15) is 11.2 Å².